The van der Waals surface area contributed by atoms with E-state index < -0.39 is 0 Å². The van der Waals surface area contributed by atoms with Crippen LogP contribution in [0.15, 0.2) is 22.7 Å². The summed E-state index contributed by atoms with van der Waals surface area (Å²) in [6, 6.07) is 6.30. The topological polar surface area (TPSA) is 12.5 Å². The van der Waals surface area contributed by atoms with E-state index >= 15 is 0 Å². The third kappa shape index (κ3) is 1.47. The molecular weight excluding hydrogens is 204 g/mol. The molecule has 0 bridgehead atoms. The summed E-state index contributed by atoms with van der Waals surface area (Å²) in [4.78, 5) is 0. The maximum Gasteiger partial charge on any atom is 0.106 e. The molecule has 0 aliphatic carbocycles. The van der Waals surface area contributed by atoms with Crippen molar-refractivity contribution in [2.45, 2.75) is 13.0 Å². The summed E-state index contributed by atoms with van der Waals surface area (Å²) in [6.07, 6.45) is 0.368. The molecule has 1 fully saturated rings. The van der Waals surface area contributed by atoms with E-state index in [4.69, 9.17) is 4.74 Å². The predicted octanol–water partition coefficient (Wildman–Crippen LogP) is 2.83. The molecule has 1 heterocycles. The first-order valence-electron chi connectivity index (χ1n) is 3.65. The third-order valence-electron chi connectivity index (χ3n) is 1.92. The first-order valence-corrected chi connectivity index (χ1v) is 4.44. The van der Waals surface area contributed by atoms with E-state index in [-0.39, 0.29) is 0 Å². The summed E-state index contributed by atoms with van der Waals surface area (Å²) in [5.41, 5.74) is 2.63. The molecule has 0 saturated carbocycles. The summed E-state index contributed by atoms with van der Waals surface area (Å²) in [7, 11) is 0. The number of rotatable bonds is 1. The van der Waals surface area contributed by atoms with Gasteiger partial charge in [-0.25, -0.2) is 0 Å². The Morgan fingerprint density at radius 2 is 2.27 bits per heavy atom. The van der Waals surface area contributed by atoms with Crippen LogP contribution in [0.5, 0.6) is 0 Å². The zero-order valence-electron chi connectivity index (χ0n) is 6.30. The van der Waals surface area contributed by atoms with Gasteiger partial charge in [0.05, 0.1) is 6.61 Å². The standard InChI is InChI=1S/C9H9BrO/c1-6-2-3-7(10)4-8(6)9-5-11-9/h2-4,9H,5H2,1H3. The van der Waals surface area contributed by atoms with Gasteiger partial charge in [0.25, 0.3) is 0 Å². The molecule has 1 saturated heterocycles. The van der Waals surface area contributed by atoms with Crippen LogP contribution in [-0.4, -0.2) is 6.61 Å². The molecule has 1 aromatic carbocycles. The minimum Gasteiger partial charge on any atom is -0.368 e. The summed E-state index contributed by atoms with van der Waals surface area (Å²) in [5, 5.41) is 0. The summed E-state index contributed by atoms with van der Waals surface area (Å²) in [5.74, 6) is 0. The zero-order chi connectivity index (χ0) is 7.84. The molecule has 1 aliphatic heterocycles. The molecule has 1 atom stereocenters. The van der Waals surface area contributed by atoms with Crippen LogP contribution in [0.3, 0.4) is 0 Å². The fourth-order valence-corrected chi connectivity index (χ4v) is 1.56. The van der Waals surface area contributed by atoms with Crippen molar-refractivity contribution >= 4 is 15.9 Å². The molecule has 0 aromatic heterocycles. The first kappa shape index (κ1) is 7.32. The van der Waals surface area contributed by atoms with Crippen LogP contribution in [0.4, 0.5) is 0 Å². The lowest BCUT2D eigenvalue weighted by Crippen LogP contribution is -1.85. The van der Waals surface area contributed by atoms with Crippen LogP contribution >= 0.6 is 15.9 Å². The van der Waals surface area contributed by atoms with Crippen molar-refractivity contribution in [2.75, 3.05) is 6.61 Å². The number of hydrogen-bond donors (Lipinski definition) is 0. The van der Waals surface area contributed by atoms with E-state index in [1.165, 1.54) is 11.1 Å². The lowest BCUT2D eigenvalue weighted by atomic mass is 10.1. The van der Waals surface area contributed by atoms with Crippen LogP contribution in [0.2, 0.25) is 0 Å². The van der Waals surface area contributed by atoms with Gasteiger partial charge in [-0.15, -0.1) is 0 Å². The largest absolute Gasteiger partial charge is 0.368 e. The van der Waals surface area contributed by atoms with Crippen LogP contribution < -0.4 is 0 Å². The van der Waals surface area contributed by atoms with Crippen molar-refractivity contribution in [3.8, 4) is 0 Å². The van der Waals surface area contributed by atoms with Crippen molar-refractivity contribution < 1.29 is 4.74 Å². The molecule has 11 heavy (non-hydrogen) atoms. The molecule has 1 aromatic rings. The maximum absolute atomic E-state index is 5.21. The van der Waals surface area contributed by atoms with Crippen molar-refractivity contribution in [1.29, 1.82) is 0 Å². The predicted molar refractivity (Wildman–Crippen MR) is 47.6 cm³/mol. The second-order valence-corrected chi connectivity index (χ2v) is 3.74. The highest BCUT2D eigenvalue weighted by molar-refractivity contribution is 9.10. The lowest BCUT2D eigenvalue weighted by Gasteiger charge is -2.01. The minimum absolute atomic E-state index is 0.368. The van der Waals surface area contributed by atoms with E-state index in [0.29, 0.717) is 6.10 Å². The van der Waals surface area contributed by atoms with Crippen molar-refractivity contribution in [3.63, 3.8) is 0 Å². The Labute approximate surface area is 74.5 Å². The van der Waals surface area contributed by atoms with Gasteiger partial charge >= 0.3 is 0 Å². The summed E-state index contributed by atoms with van der Waals surface area (Å²) < 4.78 is 6.34. The molecule has 1 aliphatic rings. The van der Waals surface area contributed by atoms with Crippen molar-refractivity contribution in [2.24, 2.45) is 0 Å². The number of hydrogen-bond acceptors (Lipinski definition) is 1. The van der Waals surface area contributed by atoms with E-state index in [2.05, 4.69) is 41.1 Å². The number of epoxide rings is 1. The van der Waals surface area contributed by atoms with Gasteiger partial charge in [0.1, 0.15) is 6.10 Å². The molecule has 0 amide bonds. The Kier molecular flexibility index (Phi) is 1.74. The smallest absolute Gasteiger partial charge is 0.106 e. The molecule has 1 nitrogen and oxygen atoms in total. The Balaban J connectivity index is 2.42. The molecule has 2 rings (SSSR count). The second kappa shape index (κ2) is 2.61. The number of halogens is 1. The van der Waals surface area contributed by atoms with Gasteiger partial charge < -0.3 is 4.74 Å². The SMILES string of the molecule is Cc1ccc(Br)cc1C1CO1. The highest BCUT2D eigenvalue weighted by atomic mass is 79.9. The zero-order valence-corrected chi connectivity index (χ0v) is 7.89. The monoisotopic (exact) mass is 212 g/mol. The van der Waals surface area contributed by atoms with Crippen LogP contribution in [-0.2, 0) is 4.74 Å². The van der Waals surface area contributed by atoms with Gasteiger partial charge in [-0.2, -0.15) is 0 Å². The van der Waals surface area contributed by atoms with Gasteiger partial charge in [0.2, 0.25) is 0 Å². The van der Waals surface area contributed by atoms with E-state index in [1.807, 2.05) is 0 Å². The lowest BCUT2D eigenvalue weighted by molar-refractivity contribution is 0.415. The minimum atomic E-state index is 0.368. The van der Waals surface area contributed by atoms with E-state index in [9.17, 15) is 0 Å². The van der Waals surface area contributed by atoms with Gasteiger partial charge in [-0.1, -0.05) is 22.0 Å². The van der Waals surface area contributed by atoms with Gasteiger partial charge in [-0.05, 0) is 30.2 Å². The second-order valence-electron chi connectivity index (χ2n) is 2.82. The Morgan fingerprint density at radius 1 is 1.55 bits per heavy atom. The van der Waals surface area contributed by atoms with Crippen LogP contribution in [0.25, 0.3) is 0 Å². The van der Waals surface area contributed by atoms with Crippen molar-refractivity contribution in [3.05, 3.63) is 33.8 Å². The number of ether oxygens (including phenoxy) is 1. The van der Waals surface area contributed by atoms with Gasteiger partial charge in [-0.3, -0.25) is 0 Å². The Morgan fingerprint density at radius 3 is 2.91 bits per heavy atom. The fraction of sp³-hybridized carbons (Fsp3) is 0.333. The molecule has 1 unspecified atom stereocenters. The van der Waals surface area contributed by atoms with E-state index in [1.54, 1.807) is 0 Å². The van der Waals surface area contributed by atoms with E-state index in [0.717, 1.165) is 11.1 Å². The fourth-order valence-electron chi connectivity index (χ4n) is 1.19. The average molecular weight is 213 g/mol. The summed E-state index contributed by atoms with van der Waals surface area (Å²) in [6.45, 7) is 3.00. The quantitative estimate of drug-likeness (QED) is 0.653. The molecule has 58 valence electrons. The highest BCUT2D eigenvalue weighted by Crippen LogP contribution is 2.33. The summed E-state index contributed by atoms with van der Waals surface area (Å²) >= 11 is 3.44. The number of aryl methyl sites for hydroxylation is 1. The molecule has 2 heteroatoms. The third-order valence-corrected chi connectivity index (χ3v) is 2.41. The highest BCUT2D eigenvalue weighted by Gasteiger charge is 2.26. The van der Waals surface area contributed by atoms with Crippen molar-refractivity contribution in [1.82, 2.24) is 0 Å². The first-order chi connectivity index (χ1) is 5.27. The normalized spacial score (nSPS) is 21.8. The maximum atomic E-state index is 5.21. The van der Waals surface area contributed by atoms with Crippen LogP contribution in [0, 0.1) is 6.92 Å². The average Bonchev–Trinajstić information content (AvgIpc) is 2.76. The van der Waals surface area contributed by atoms with Gasteiger partial charge in [0, 0.05) is 4.47 Å². The van der Waals surface area contributed by atoms with Gasteiger partial charge in [0.15, 0.2) is 0 Å². The number of benzene rings is 1. The molecule has 0 spiro atoms. The molecule has 0 radical (unpaired) electrons. The van der Waals surface area contributed by atoms with Crippen LogP contribution in [0.1, 0.15) is 17.2 Å². The Bertz CT molecular complexity index is 279. The Hall–Kier alpha value is -0.340. The molecular formula is C9H9BrO. The molecule has 0 N–H and O–H groups in total.